The van der Waals surface area contributed by atoms with Crippen molar-refractivity contribution in [1.82, 2.24) is 20.0 Å². The van der Waals surface area contributed by atoms with Crippen molar-refractivity contribution in [2.24, 2.45) is 0 Å². The third-order valence-corrected chi connectivity index (χ3v) is 4.09. The number of morpholine rings is 1. The summed E-state index contributed by atoms with van der Waals surface area (Å²) in [5, 5.41) is 3.11. The number of rotatable bonds is 4. The predicted octanol–water partition coefficient (Wildman–Crippen LogP) is -1.40. The summed E-state index contributed by atoms with van der Waals surface area (Å²) in [5.74, 6) is 0.244. The van der Waals surface area contributed by atoms with Crippen LogP contribution in [0.4, 0.5) is 0 Å². The van der Waals surface area contributed by atoms with E-state index in [2.05, 4.69) is 10.2 Å². The van der Waals surface area contributed by atoms with Crippen molar-refractivity contribution in [3.63, 3.8) is 0 Å². The molecule has 7 nitrogen and oxygen atoms in total. The van der Waals surface area contributed by atoms with Crippen molar-refractivity contribution >= 4 is 11.8 Å². The Hall–Kier alpha value is -1.18. The first-order chi connectivity index (χ1) is 10.1. The standard InChI is InChI=1S/C14H26N4O3/c1-12(19)17-3-5-18(6-4-17)14(20)11-16-7-8-21-13(10-16)9-15-2/h13,15H,3-11H2,1-2H3. The van der Waals surface area contributed by atoms with Crippen LogP contribution in [0.2, 0.25) is 0 Å². The van der Waals surface area contributed by atoms with Crippen molar-refractivity contribution < 1.29 is 14.3 Å². The second-order valence-electron chi connectivity index (χ2n) is 5.67. The summed E-state index contributed by atoms with van der Waals surface area (Å²) in [6.45, 7) is 7.68. The summed E-state index contributed by atoms with van der Waals surface area (Å²) in [6.07, 6.45) is 0.158. The first kappa shape index (κ1) is 16.2. The van der Waals surface area contributed by atoms with Gasteiger partial charge < -0.3 is 19.9 Å². The van der Waals surface area contributed by atoms with Gasteiger partial charge in [0.2, 0.25) is 11.8 Å². The van der Waals surface area contributed by atoms with E-state index in [4.69, 9.17) is 4.74 Å². The molecule has 0 bridgehead atoms. The van der Waals surface area contributed by atoms with Crippen LogP contribution in [0, 0.1) is 0 Å². The average molecular weight is 298 g/mol. The molecule has 0 saturated carbocycles. The van der Waals surface area contributed by atoms with Gasteiger partial charge in [0.1, 0.15) is 0 Å². The monoisotopic (exact) mass is 298 g/mol. The van der Waals surface area contributed by atoms with Crippen molar-refractivity contribution in [2.45, 2.75) is 13.0 Å². The van der Waals surface area contributed by atoms with Gasteiger partial charge in [-0.2, -0.15) is 0 Å². The van der Waals surface area contributed by atoms with E-state index in [0.717, 1.165) is 19.6 Å². The molecule has 2 fully saturated rings. The fourth-order valence-electron chi connectivity index (χ4n) is 2.84. The molecule has 2 aliphatic rings. The molecule has 1 N–H and O–H groups in total. The van der Waals surface area contributed by atoms with Gasteiger partial charge >= 0.3 is 0 Å². The van der Waals surface area contributed by atoms with Gasteiger partial charge in [-0.1, -0.05) is 0 Å². The zero-order chi connectivity index (χ0) is 15.2. The number of nitrogens with one attached hydrogen (secondary N) is 1. The van der Waals surface area contributed by atoms with E-state index in [-0.39, 0.29) is 17.9 Å². The van der Waals surface area contributed by atoms with Gasteiger partial charge in [0.05, 0.1) is 19.3 Å². The normalized spacial score (nSPS) is 24.2. The highest BCUT2D eigenvalue weighted by atomic mass is 16.5. The fraction of sp³-hybridized carbons (Fsp3) is 0.857. The second kappa shape index (κ2) is 7.72. The molecule has 0 aromatic carbocycles. The van der Waals surface area contributed by atoms with Gasteiger partial charge in [-0.25, -0.2) is 0 Å². The van der Waals surface area contributed by atoms with Crippen LogP contribution in [0.5, 0.6) is 0 Å². The maximum Gasteiger partial charge on any atom is 0.236 e. The zero-order valence-electron chi connectivity index (χ0n) is 13.0. The lowest BCUT2D eigenvalue weighted by atomic mass is 10.2. The van der Waals surface area contributed by atoms with Crippen LogP contribution in [-0.2, 0) is 14.3 Å². The van der Waals surface area contributed by atoms with E-state index in [1.165, 1.54) is 0 Å². The van der Waals surface area contributed by atoms with E-state index in [1.807, 2.05) is 11.9 Å². The molecule has 2 heterocycles. The minimum Gasteiger partial charge on any atom is -0.374 e. The maximum absolute atomic E-state index is 12.3. The molecule has 7 heteroatoms. The zero-order valence-corrected chi connectivity index (χ0v) is 13.0. The van der Waals surface area contributed by atoms with Crippen LogP contribution in [0.15, 0.2) is 0 Å². The average Bonchev–Trinajstić information content (AvgIpc) is 2.48. The SMILES string of the molecule is CNCC1CN(CC(=O)N2CCN(C(C)=O)CC2)CCO1. The smallest absolute Gasteiger partial charge is 0.236 e. The molecule has 2 aliphatic heterocycles. The molecular weight excluding hydrogens is 272 g/mol. The number of ether oxygens (including phenoxy) is 1. The lowest BCUT2D eigenvalue weighted by molar-refractivity contribution is -0.140. The number of hydrogen-bond donors (Lipinski definition) is 1. The molecule has 2 saturated heterocycles. The van der Waals surface area contributed by atoms with Crippen LogP contribution in [0.3, 0.4) is 0 Å². The van der Waals surface area contributed by atoms with Crippen molar-refractivity contribution in [2.75, 3.05) is 66.0 Å². The Labute approximate surface area is 126 Å². The molecule has 0 radical (unpaired) electrons. The largest absolute Gasteiger partial charge is 0.374 e. The predicted molar refractivity (Wildman–Crippen MR) is 78.9 cm³/mol. The van der Waals surface area contributed by atoms with Gasteiger partial charge in [0.15, 0.2) is 0 Å². The van der Waals surface area contributed by atoms with Crippen LogP contribution in [-0.4, -0.2) is 98.6 Å². The Morgan fingerprint density at radius 3 is 2.43 bits per heavy atom. The highest BCUT2D eigenvalue weighted by molar-refractivity contribution is 5.79. The number of amides is 2. The number of carbonyl (C=O) groups excluding carboxylic acids is 2. The third-order valence-electron chi connectivity index (χ3n) is 4.09. The van der Waals surface area contributed by atoms with Gasteiger partial charge in [0, 0.05) is 52.7 Å². The third kappa shape index (κ3) is 4.66. The van der Waals surface area contributed by atoms with Gasteiger partial charge in [-0.3, -0.25) is 14.5 Å². The van der Waals surface area contributed by atoms with E-state index < -0.39 is 0 Å². The highest BCUT2D eigenvalue weighted by Crippen LogP contribution is 2.07. The molecule has 1 atom stereocenters. The summed E-state index contributed by atoms with van der Waals surface area (Å²) in [7, 11) is 1.90. The first-order valence-corrected chi connectivity index (χ1v) is 7.62. The molecule has 0 spiro atoms. The number of nitrogens with zero attached hydrogens (tertiary/aromatic N) is 3. The fourth-order valence-corrected chi connectivity index (χ4v) is 2.84. The van der Waals surface area contributed by atoms with Gasteiger partial charge in [0.25, 0.3) is 0 Å². The molecular formula is C14H26N4O3. The lowest BCUT2D eigenvalue weighted by Gasteiger charge is -2.37. The second-order valence-corrected chi connectivity index (χ2v) is 5.67. The number of hydrogen-bond acceptors (Lipinski definition) is 5. The Kier molecular flexibility index (Phi) is 5.96. The molecule has 21 heavy (non-hydrogen) atoms. The summed E-state index contributed by atoms with van der Waals surface area (Å²) in [4.78, 5) is 29.4. The Morgan fingerprint density at radius 2 is 1.81 bits per heavy atom. The summed E-state index contributed by atoms with van der Waals surface area (Å²) in [5.41, 5.74) is 0. The van der Waals surface area contributed by atoms with Crippen LogP contribution in [0.1, 0.15) is 6.92 Å². The Morgan fingerprint density at radius 1 is 1.14 bits per heavy atom. The molecule has 2 amide bonds. The van der Waals surface area contributed by atoms with E-state index >= 15 is 0 Å². The number of likely N-dealkylation sites (N-methyl/N-ethyl adjacent to an activating group) is 1. The summed E-state index contributed by atoms with van der Waals surface area (Å²) in [6, 6.07) is 0. The Bertz CT molecular complexity index is 367. The van der Waals surface area contributed by atoms with E-state index in [0.29, 0.717) is 39.3 Å². The van der Waals surface area contributed by atoms with Gasteiger partial charge in [-0.05, 0) is 7.05 Å². The molecule has 0 aromatic rings. The van der Waals surface area contributed by atoms with Gasteiger partial charge in [-0.15, -0.1) is 0 Å². The topological polar surface area (TPSA) is 65.1 Å². The molecule has 0 aliphatic carbocycles. The van der Waals surface area contributed by atoms with Crippen molar-refractivity contribution in [3.8, 4) is 0 Å². The molecule has 0 aromatic heterocycles. The van der Waals surface area contributed by atoms with Crippen LogP contribution < -0.4 is 5.32 Å². The number of carbonyl (C=O) groups is 2. The Balaban J connectivity index is 1.75. The maximum atomic E-state index is 12.3. The number of piperazine rings is 1. The van der Waals surface area contributed by atoms with E-state index in [9.17, 15) is 9.59 Å². The summed E-state index contributed by atoms with van der Waals surface area (Å²) >= 11 is 0. The van der Waals surface area contributed by atoms with Crippen LogP contribution >= 0.6 is 0 Å². The lowest BCUT2D eigenvalue weighted by Crippen LogP contribution is -2.54. The van der Waals surface area contributed by atoms with E-state index in [1.54, 1.807) is 11.8 Å². The van der Waals surface area contributed by atoms with Crippen molar-refractivity contribution in [1.29, 1.82) is 0 Å². The first-order valence-electron chi connectivity index (χ1n) is 7.62. The molecule has 2 rings (SSSR count). The minimum absolute atomic E-state index is 0.0881. The molecule has 120 valence electrons. The van der Waals surface area contributed by atoms with Crippen molar-refractivity contribution in [3.05, 3.63) is 0 Å². The summed E-state index contributed by atoms with van der Waals surface area (Å²) < 4.78 is 5.64. The minimum atomic E-state index is 0.0881. The molecule has 1 unspecified atom stereocenters. The van der Waals surface area contributed by atoms with Crippen LogP contribution in [0.25, 0.3) is 0 Å². The highest BCUT2D eigenvalue weighted by Gasteiger charge is 2.26. The quantitative estimate of drug-likeness (QED) is 0.691.